The number of nitriles is 1. The van der Waals surface area contributed by atoms with E-state index in [0.29, 0.717) is 18.2 Å². The van der Waals surface area contributed by atoms with Crippen molar-refractivity contribution in [2.24, 2.45) is 0 Å². The van der Waals surface area contributed by atoms with Gasteiger partial charge in [-0.15, -0.1) is 0 Å². The summed E-state index contributed by atoms with van der Waals surface area (Å²) >= 11 is 0. The molecule has 1 N–H and O–H groups in total. The largest absolute Gasteiger partial charge is 0.492 e. The number of piperidine rings is 1. The van der Waals surface area contributed by atoms with Crippen molar-refractivity contribution in [3.8, 4) is 11.8 Å². The molecule has 1 aromatic carbocycles. The third kappa shape index (κ3) is 3.93. The van der Waals surface area contributed by atoms with Crippen molar-refractivity contribution in [3.05, 3.63) is 29.8 Å². The minimum Gasteiger partial charge on any atom is -0.492 e. The lowest BCUT2D eigenvalue weighted by atomic mass is 10.0. The van der Waals surface area contributed by atoms with Crippen LogP contribution in [0.25, 0.3) is 0 Å². The van der Waals surface area contributed by atoms with Crippen LogP contribution >= 0.6 is 0 Å². The number of amides is 2. The number of urea groups is 1. The first kappa shape index (κ1) is 15.6. The fraction of sp³-hybridized carbons (Fsp3) is 0.529. The second-order valence-corrected chi connectivity index (χ2v) is 5.99. The third-order valence-electron chi connectivity index (χ3n) is 4.53. The number of carbonyl (C=O) groups is 1. The standard InChI is InChI=1S/C17H22N4O2/c18-13-14-2-1-3-16(12-14)23-11-10-20-7-4-15(5-8-20)21-9-6-19-17(21)22/h1-3,12,15H,4-11H2,(H,19,22). The van der Waals surface area contributed by atoms with Gasteiger partial charge in [-0.05, 0) is 31.0 Å². The molecular formula is C17H22N4O2. The van der Waals surface area contributed by atoms with Gasteiger partial charge in [0.25, 0.3) is 0 Å². The van der Waals surface area contributed by atoms with Gasteiger partial charge in [0.1, 0.15) is 12.4 Å². The summed E-state index contributed by atoms with van der Waals surface area (Å²) in [5.74, 6) is 0.743. The van der Waals surface area contributed by atoms with Gasteiger partial charge in [-0.25, -0.2) is 4.79 Å². The van der Waals surface area contributed by atoms with Crippen molar-refractivity contribution in [2.75, 3.05) is 39.3 Å². The Labute approximate surface area is 136 Å². The number of hydrogen-bond donors (Lipinski definition) is 1. The molecule has 3 rings (SSSR count). The first-order chi connectivity index (χ1) is 11.3. The van der Waals surface area contributed by atoms with Crippen molar-refractivity contribution in [1.29, 1.82) is 5.26 Å². The predicted octanol–water partition coefficient (Wildman–Crippen LogP) is 1.43. The molecule has 0 aromatic heterocycles. The van der Waals surface area contributed by atoms with Gasteiger partial charge in [0.15, 0.2) is 0 Å². The molecule has 2 aliphatic heterocycles. The maximum atomic E-state index is 11.7. The van der Waals surface area contributed by atoms with Crippen molar-refractivity contribution < 1.29 is 9.53 Å². The Bertz CT molecular complexity index is 591. The van der Waals surface area contributed by atoms with Crippen LogP contribution in [0.15, 0.2) is 24.3 Å². The highest BCUT2D eigenvalue weighted by Crippen LogP contribution is 2.18. The molecule has 0 unspecified atom stereocenters. The van der Waals surface area contributed by atoms with Crippen molar-refractivity contribution >= 4 is 6.03 Å². The number of carbonyl (C=O) groups excluding carboxylic acids is 1. The van der Waals surface area contributed by atoms with Crippen LogP contribution in [0.3, 0.4) is 0 Å². The minimum absolute atomic E-state index is 0.0872. The monoisotopic (exact) mass is 314 g/mol. The lowest BCUT2D eigenvalue weighted by Gasteiger charge is -2.36. The number of benzene rings is 1. The second-order valence-electron chi connectivity index (χ2n) is 5.99. The average Bonchev–Trinajstić information content (AvgIpc) is 3.02. The van der Waals surface area contributed by atoms with E-state index in [1.165, 1.54) is 0 Å². The Hall–Kier alpha value is -2.26. The molecule has 0 aliphatic carbocycles. The normalized spacial score (nSPS) is 19.4. The summed E-state index contributed by atoms with van der Waals surface area (Å²) < 4.78 is 5.73. The van der Waals surface area contributed by atoms with Crippen LogP contribution in [0.5, 0.6) is 5.75 Å². The highest BCUT2D eigenvalue weighted by atomic mass is 16.5. The number of likely N-dealkylation sites (tertiary alicyclic amines) is 1. The van der Waals surface area contributed by atoms with Gasteiger partial charge in [0.2, 0.25) is 0 Å². The Kier molecular flexibility index (Phi) is 4.99. The van der Waals surface area contributed by atoms with Crippen LogP contribution in [0, 0.1) is 11.3 Å². The Balaban J connectivity index is 1.39. The summed E-state index contributed by atoms with van der Waals surface area (Å²) in [6, 6.07) is 9.82. The van der Waals surface area contributed by atoms with Crippen LogP contribution in [0.4, 0.5) is 4.79 Å². The molecule has 2 fully saturated rings. The van der Waals surface area contributed by atoms with Gasteiger partial charge in [-0.1, -0.05) is 6.07 Å². The van der Waals surface area contributed by atoms with Crippen LogP contribution < -0.4 is 10.1 Å². The maximum absolute atomic E-state index is 11.7. The summed E-state index contributed by atoms with van der Waals surface area (Å²) in [4.78, 5) is 16.0. The number of nitrogens with one attached hydrogen (secondary N) is 1. The molecular weight excluding hydrogens is 292 g/mol. The van der Waals surface area contributed by atoms with E-state index in [-0.39, 0.29) is 6.03 Å². The van der Waals surface area contributed by atoms with Gasteiger partial charge >= 0.3 is 6.03 Å². The van der Waals surface area contributed by atoms with E-state index in [0.717, 1.165) is 51.3 Å². The first-order valence-electron chi connectivity index (χ1n) is 8.16. The number of ether oxygens (including phenoxy) is 1. The molecule has 0 radical (unpaired) electrons. The predicted molar refractivity (Wildman–Crippen MR) is 86.2 cm³/mol. The molecule has 122 valence electrons. The maximum Gasteiger partial charge on any atom is 0.317 e. The number of rotatable bonds is 5. The van der Waals surface area contributed by atoms with Crippen LogP contribution in [-0.2, 0) is 0 Å². The highest BCUT2D eigenvalue weighted by Gasteiger charge is 2.30. The van der Waals surface area contributed by atoms with Gasteiger partial charge in [0, 0.05) is 38.8 Å². The highest BCUT2D eigenvalue weighted by molar-refractivity contribution is 5.76. The summed E-state index contributed by atoms with van der Waals surface area (Å²) in [5, 5.41) is 11.7. The fourth-order valence-corrected chi connectivity index (χ4v) is 3.24. The van der Waals surface area contributed by atoms with E-state index in [9.17, 15) is 4.79 Å². The van der Waals surface area contributed by atoms with Crippen molar-refractivity contribution in [1.82, 2.24) is 15.1 Å². The smallest absolute Gasteiger partial charge is 0.317 e. The van der Waals surface area contributed by atoms with Gasteiger partial charge in [-0.3, -0.25) is 4.90 Å². The molecule has 0 spiro atoms. The molecule has 23 heavy (non-hydrogen) atoms. The third-order valence-corrected chi connectivity index (χ3v) is 4.53. The lowest BCUT2D eigenvalue weighted by Crippen LogP contribution is -2.46. The molecule has 6 nitrogen and oxygen atoms in total. The number of nitrogens with zero attached hydrogens (tertiary/aromatic N) is 3. The van der Waals surface area contributed by atoms with Crippen molar-refractivity contribution in [2.45, 2.75) is 18.9 Å². The van der Waals surface area contributed by atoms with Crippen LogP contribution in [0.1, 0.15) is 18.4 Å². The quantitative estimate of drug-likeness (QED) is 0.892. The molecule has 2 saturated heterocycles. The summed E-state index contributed by atoms with van der Waals surface area (Å²) in [6.45, 7) is 5.09. The molecule has 6 heteroatoms. The second kappa shape index (κ2) is 7.34. The van der Waals surface area contributed by atoms with E-state index in [2.05, 4.69) is 16.3 Å². The van der Waals surface area contributed by atoms with Crippen LogP contribution in [-0.4, -0.2) is 61.2 Å². The fourth-order valence-electron chi connectivity index (χ4n) is 3.24. The van der Waals surface area contributed by atoms with E-state index >= 15 is 0 Å². The zero-order valence-corrected chi connectivity index (χ0v) is 13.2. The van der Waals surface area contributed by atoms with Gasteiger partial charge in [0.05, 0.1) is 11.6 Å². The van der Waals surface area contributed by atoms with Crippen LogP contribution in [0.2, 0.25) is 0 Å². The Morgan fingerprint density at radius 1 is 1.30 bits per heavy atom. The number of hydrogen-bond acceptors (Lipinski definition) is 4. The molecule has 1 aromatic rings. The summed E-state index contributed by atoms with van der Waals surface area (Å²) in [5.41, 5.74) is 0.618. The van der Waals surface area contributed by atoms with Crippen molar-refractivity contribution in [3.63, 3.8) is 0 Å². The van der Waals surface area contributed by atoms with E-state index in [1.54, 1.807) is 12.1 Å². The summed E-state index contributed by atoms with van der Waals surface area (Å²) in [7, 11) is 0. The van der Waals surface area contributed by atoms with E-state index in [1.807, 2.05) is 17.0 Å². The molecule has 2 aliphatic rings. The topological polar surface area (TPSA) is 68.6 Å². The molecule has 0 atom stereocenters. The van der Waals surface area contributed by atoms with Gasteiger partial charge < -0.3 is 15.0 Å². The molecule has 0 bridgehead atoms. The summed E-state index contributed by atoms with van der Waals surface area (Å²) in [6.07, 6.45) is 2.05. The van der Waals surface area contributed by atoms with Gasteiger partial charge in [-0.2, -0.15) is 5.26 Å². The molecule has 0 saturated carbocycles. The zero-order chi connectivity index (χ0) is 16.1. The lowest BCUT2D eigenvalue weighted by molar-refractivity contribution is 0.123. The Morgan fingerprint density at radius 3 is 2.83 bits per heavy atom. The van der Waals surface area contributed by atoms with E-state index in [4.69, 9.17) is 10.00 Å². The molecule has 2 amide bonds. The Morgan fingerprint density at radius 2 is 2.13 bits per heavy atom. The van der Waals surface area contributed by atoms with E-state index < -0.39 is 0 Å². The first-order valence-corrected chi connectivity index (χ1v) is 8.16. The minimum atomic E-state index is 0.0872. The SMILES string of the molecule is N#Cc1cccc(OCCN2CCC(N3CCNC3=O)CC2)c1. The molecule has 2 heterocycles. The average molecular weight is 314 g/mol. The zero-order valence-electron chi connectivity index (χ0n) is 13.2.